The van der Waals surface area contributed by atoms with Crippen molar-refractivity contribution in [2.24, 2.45) is 0 Å². The van der Waals surface area contributed by atoms with Gasteiger partial charge in [-0.25, -0.2) is 9.37 Å². The molecule has 0 saturated carbocycles. The highest BCUT2D eigenvalue weighted by Gasteiger charge is 2.05. The van der Waals surface area contributed by atoms with Gasteiger partial charge in [0, 0.05) is 11.3 Å². The van der Waals surface area contributed by atoms with Gasteiger partial charge < -0.3 is 10.6 Å². The molecular formula is C18H14FN3O. The summed E-state index contributed by atoms with van der Waals surface area (Å²) < 4.78 is 13.1. The number of aromatic nitrogens is 1. The van der Waals surface area contributed by atoms with Crippen molar-refractivity contribution in [2.75, 3.05) is 10.6 Å². The molecule has 3 rings (SSSR count). The minimum Gasteiger partial charge on any atom is -0.340 e. The molecule has 0 atom stereocenters. The normalized spacial score (nSPS) is 10.1. The molecule has 0 unspecified atom stereocenters. The van der Waals surface area contributed by atoms with E-state index in [9.17, 15) is 9.18 Å². The standard InChI is InChI=1S/C18H14FN3O/c19-14-7-4-8-15(11-14)21-17-10-9-16(12-20-17)22-18(23)13-5-2-1-3-6-13/h1-12H,(H,20,21)(H,22,23). The summed E-state index contributed by atoms with van der Waals surface area (Å²) in [6, 6.07) is 18.5. The summed E-state index contributed by atoms with van der Waals surface area (Å²) in [5, 5.41) is 5.76. The lowest BCUT2D eigenvalue weighted by atomic mass is 10.2. The van der Waals surface area contributed by atoms with E-state index in [4.69, 9.17) is 0 Å². The van der Waals surface area contributed by atoms with Crippen molar-refractivity contribution in [3.8, 4) is 0 Å². The number of carbonyl (C=O) groups is 1. The first-order chi connectivity index (χ1) is 11.2. The van der Waals surface area contributed by atoms with E-state index in [-0.39, 0.29) is 11.7 Å². The Morgan fingerprint density at radius 2 is 1.74 bits per heavy atom. The van der Waals surface area contributed by atoms with E-state index in [2.05, 4.69) is 15.6 Å². The molecule has 114 valence electrons. The molecule has 1 aromatic heterocycles. The maximum absolute atomic E-state index is 13.1. The molecule has 0 fully saturated rings. The predicted molar refractivity (Wildman–Crippen MR) is 88.3 cm³/mol. The number of benzene rings is 2. The first kappa shape index (κ1) is 14.7. The molecule has 0 spiro atoms. The average molecular weight is 307 g/mol. The van der Waals surface area contributed by atoms with Crippen LogP contribution in [0.25, 0.3) is 0 Å². The van der Waals surface area contributed by atoms with E-state index in [1.54, 1.807) is 54.7 Å². The molecule has 0 aliphatic carbocycles. The average Bonchev–Trinajstić information content (AvgIpc) is 2.57. The summed E-state index contributed by atoms with van der Waals surface area (Å²) in [6.07, 6.45) is 1.54. The highest BCUT2D eigenvalue weighted by Crippen LogP contribution is 2.17. The van der Waals surface area contributed by atoms with Crippen LogP contribution >= 0.6 is 0 Å². The summed E-state index contributed by atoms with van der Waals surface area (Å²) in [5.41, 5.74) is 1.77. The summed E-state index contributed by atoms with van der Waals surface area (Å²) in [4.78, 5) is 16.2. The molecule has 3 aromatic rings. The quantitative estimate of drug-likeness (QED) is 0.759. The van der Waals surface area contributed by atoms with Crippen LogP contribution in [0.3, 0.4) is 0 Å². The molecule has 2 N–H and O–H groups in total. The van der Waals surface area contributed by atoms with Gasteiger partial charge in [0.05, 0.1) is 11.9 Å². The summed E-state index contributed by atoms with van der Waals surface area (Å²) in [6.45, 7) is 0. The first-order valence-corrected chi connectivity index (χ1v) is 7.06. The second kappa shape index (κ2) is 6.70. The number of hydrogen-bond acceptors (Lipinski definition) is 3. The Hall–Kier alpha value is -3.21. The van der Waals surface area contributed by atoms with Crippen molar-refractivity contribution in [3.63, 3.8) is 0 Å². The lowest BCUT2D eigenvalue weighted by molar-refractivity contribution is 0.102. The van der Waals surface area contributed by atoms with Crippen molar-refractivity contribution in [1.82, 2.24) is 4.98 Å². The van der Waals surface area contributed by atoms with Gasteiger partial charge in [-0.3, -0.25) is 4.79 Å². The maximum atomic E-state index is 13.1. The molecule has 23 heavy (non-hydrogen) atoms. The van der Waals surface area contributed by atoms with Gasteiger partial charge in [-0.05, 0) is 42.5 Å². The number of anilines is 3. The summed E-state index contributed by atoms with van der Waals surface area (Å²) in [7, 11) is 0. The van der Waals surface area contributed by atoms with Crippen molar-refractivity contribution in [2.45, 2.75) is 0 Å². The fraction of sp³-hybridized carbons (Fsp3) is 0. The fourth-order valence-electron chi connectivity index (χ4n) is 2.05. The van der Waals surface area contributed by atoms with E-state index in [0.717, 1.165) is 0 Å². The van der Waals surface area contributed by atoms with Crippen molar-refractivity contribution >= 4 is 23.1 Å². The zero-order valence-corrected chi connectivity index (χ0v) is 12.2. The van der Waals surface area contributed by atoms with Crippen LogP contribution in [-0.4, -0.2) is 10.9 Å². The van der Waals surface area contributed by atoms with Crippen LogP contribution in [0, 0.1) is 5.82 Å². The smallest absolute Gasteiger partial charge is 0.255 e. The highest BCUT2D eigenvalue weighted by atomic mass is 19.1. The van der Waals surface area contributed by atoms with Gasteiger partial charge in [-0.15, -0.1) is 0 Å². The number of nitrogens with zero attached hydrogens (tertiary/aromatic N) is 1. The Morgan fingerprint density at radius 1 is 0.913 bits per heavy atom. The molecule has 1 heterocycles. The first-order valence-electron chi connectivity index (χ1n) is 7.06. The van der Waals surface area contributed by atoms with E-state index in [1.807, 2.05) is 6.07 Å². The molecule has 0 radical (unpaired) electrons. The largest absolute Gasteiger partial charge is 0.340 e. The summed E-state index contributed by atoms with van der Waals surface area (Å²) in [5.74, 6) is 0.0493. The second-order valence-electron chi connectivity index (χ2n) is 4.89. The van der Waals surface area contributed by atoms with Crippen LogP contribution in [0.15, 0.2) is 72.9 Å². The molecule has 1 amide bonds. The number of hydrogen-bond donors (Lipinski definition) is 2. The molecule has 0 aliphatic heterocycles. The van der Waals surface area contributed by atoms with Gasteiger partial charge in [0.2, 0.25) is 0 Å². The molecule has 5 heteroatoms. The van der Waals surface area contributed by atoms with Crippen LogP contribution < -0.4 is 10.6 Å². The number of halogens is 1. The van der Waals surface area contributed by atoms with Crippen LogP contribution in [0.2, 0.25) is 0 Å². The Kier molecular flexibility index (Phi) is 4.29. The van der Waals surface area contributed by atoms with Crippen LogP contribution in [0.1, 0.15) is 10.4 Å². The SMILES string of the molecule is O=C(Nc1ccc(Nc2cccc(F)c2)nc1)c1ccccc1. The monoisotopic (exact) mass is 307 g/mol. The van der Waals surface area contributed by atoms with Crippen LogP contribution in [-0.2, 0) is 0 Å². The number of pyridine rings is 1. The van der Waals surface area contributed by atoms with Gasteiger partial charge in [0.1, 0.15) is 11.6 Å². The minimum absolute atomic E-state index is 0.196. The number of carbonyl (C=O) groups excluding carboxylic acids is 1. The van der Waals surface area contributed by atoms with E-state index in [1.165, 1.54) is 12.1 Å². The van der Waals surface area contributed by atoms with Crippen LogP contribution in [0.4, 0.5) is 21.6 Å². The third-order valence-corrected chi connectivity index (χ3v) is 3.15. The maximum Gasteiger partial charge on any atom is 0.255 e. The zero-order chi connectivity index (χ0) is 16.1. The Bertz CT molecular complexity index is 804. The molecule has 0 bridgehead atoms. The fourth-order valence-corrected chi connectivity index (χ4v) is 2.05. The van der Waals surface area contributed by atoms with Gasteiger partial charge in [0.25, 0.3) is 5.91 Å². The Morgan fingerprint density at radius 3 is 2.43 bits per heavy atom. The van der Waals surface area contributed by atoms with Gasteiger partial charge >= 0.3 is 0 Å². The predicted octanol–water partition coefficient (Wildman–Crippen LogP) is 4.22. The zero-order valence-electron chi connectivity index (χ0n) is 12.2. The topological polar surface area (TPSA) is 54.0 Å². The molecule has 0 aliphatic rings. The molecule has 2 aromatic carbocycles. The lowest BCUT2D eigenvalue weighted by Crippen LogP contribution is -2.11. The molecule has 0 saturated heterocycles. The minimum atomic E-state index is -0.318. The van der Waals surface area contributed by atoms with E-state index in [0.29, 0.717) is 22.8 Å². The van der Waals surface area contributed by atoms with Crippen molar-refractivity contribution < 1.29 is 9.18 Å². The van der Waals surface area contributed by atoms with E-state index < -0.39 is 0 Å². The van der Waals surface area contributed by atoms with E-state index >= 15 is 0 Å². The van der Waals surface area contributed by atoms with Gasteiger partial charge in [-0.1, -0.05) is 24.3 Å². The van der Waals surface area contributed by atoms with Gasteiger partial charge in [-0.2, -0.15) is 0 Å². The van der Waals surface area contributed by atoms with Crippen molar-refractivity contribution in [1.29, 1.82) is 0 Å². The number of rotatable bonds is 4. The lowest BCUT2D eigenvalue weighted by Gasteiger charge is -2.08. The van der Waals surface area contributed by atoms with Gasteiger partial charge in [0.15, 0.2) is 0 Å². The number of nitrogens with one attached hydrogen (secondary N) is 2. The third kappa shape index (κ3) is 3.91. The highest BCUT2D eigenvalue weighted by molar-refractivity contribution is 6.04. The Labute approximate surface area is 133 Å². The Balaban J connectivity index is 1.66. The van der Waals surface area contributed by atoms with Crippen molar-refractivity contribution in [3.05, 3.63) is 84.3 Å². The number of amides is 1. The molecule has 4 nitrogen and oxygen atoms in total. The second-order valence-corrected chi connectivity index (χ2v) is 4.89. The molecular weight excluding hydrogens is 293 g/mol. The summed E-state index contributed by atoms with van der Waals surface area (Å²) >= 11 is 0. The van der Waals surface area contributed by atoms with Crippen LogP contribution in [0.5, 0.6) is 0 Å². The third-order valence-electron chi connectivity index (χ3n) is 3.15.